The fraction of sp³-hybridized carbons (Fsp3) is 0.533. The molecule has 0 amide bonds. The van der Waals surface area contributed by atoms with Gasteiger partial charge in [-0.1, -0.05) is 12.1 Å². The highest BCUT2D eigenvalue weighted by Crippen LogP contribution is 2.23. The number of nitrogens with zero attached hydrogens (tertiary/aromatic N) is 2. The third-order valence-corrected chi connectivity index (χ3v) is 3.83. The van der Waals surface area contributed by atoms with E-state index in [0.29, 0.717) is 12.6 Å². The van der Waals surface area contributed by atoms with Gasteiger partial charge in [0.2, 0.25) is 0 Å². The standard InChI is InChI=1S/C15H22N2O2/c1-12-4-3-5-13(10-12)17-9-6-14(11-17)16(2)8-7-15(18)19/h3-5,10,14H,6-9,11H2,1-2H3,(H,18,19). The fourth-order valence-electron chi connectivity index (χ4n) is 2.62. The molecule has 0 spiro atoms. The van der Waals surface area contributed by atoms with Crippen molar-refractivity contribution >= 4 is 11.7 Å². The van der Waals surface area contributed by atoms with E-state index >= 15 is 0 Å². The van der Waals surface area contributed by atoms with Crippen molar-refractivity contribution in [3.05, 3.63) is 29.8 Å². The number of rotatable bonds is 5. The van der Waals surface area contributed by atoms with Crippen LogP contribution in [0.1, 0.15) is 18.4 Å². The van der Waals surface area contributed by atoms with Crippen LogP contribution >= 0.6 is 0 Å². The van der Waals surface area contributed by atoms with E-state index in [1.165, 1.54) is 11.3 Å². The number of carboxylic acid groups (broad SMARTS) is 1. The van der Waals surface area contributed by atoms with Gasteiger partial charge in [-0.3, -0.25) is 4.79 Å². The van der Waals surface area contributed by atoms with Gasteiger partial charge >= 0.3 is 5.97 Å². The molecule has 1 fully saturated rings. The first-order valence-corrected chi connectivity index (χ1v) is 6.80. The monoisotopic (exact) mass is 262 g/mol. The summed E-state index contributed by atoms with van der Waals surface area (Å²) in [6.45, 7) is 4.77. The molecule has 1 aliphatic rings. The van der Waals surface area contributed by atoms with Gasteiger partial charge < -0.3 is 14.9 Å². The SMILES string of the molecule is Cc1cccc(N2CCC(N(C)CCC(=O)O)C2)c1. The Balaban J connectivity index is 1.90. The van der Waals surface area contributed by atoms with E-state index in [-0.39, 0.29) is 6.42 Å². The predicted octanol–water partition coefficient (Wildman–Crippen LogP) is 1.98. The Labute approximate surface area is 114 Å². The first kappa shape index (κ1) is 13.9. The Morgan fingerprint density at radius 2 is 2.32 bits per heavy atom. The summed E-state index contributed by atoms with van der Waals surface area (Å²) in [5, 5.41) is 8.73. The summed E-state index contributed by atoms with van der Waals surface area (Å²) in [6.07, 6.45) is 1.32. The van der Waals surface area contributed by atoms with E-state index < -0.39 is 5.97 Å². The minimum Gasteiger partial charge on any atom is -0.481 e. The van der Waals surface area contributed by atoms with Crippen LogP contribution in [0.25, 0.3) is 0 Å². The number of carboxylic acids is 1. The molecule has 2 rings (SSSR count). The van der Waals surface area contributed by atoms with Crippen LogP contribution in [-0.2, 0) is 4.79 Å². The van der Waals surface area contributed by atoms with Crippen molar-refractivity contribution in [1.82, 2.24) is 4.90 Å². The first-order valence-electron chi connectivity index (χ1n) is 6.80. The van der Waals surface area contributed by atoms with Crippen LogP contribution < -0.4 is 4.90 Å². The molecule has 1 atom stereocenters. The highest BCUT2D eigenvalue weighted by molar-refractivity contribution is 5.66. The molecule has 1 heterocycles. The van der Waals surface area contributed by atoms with E-state index in [1.807, 2.05) is 7.05 Å². The number of carbonyl (C=O) groups is 1. The minimum atomic E-state index is -0.722. The quantitative estimate of drug-likeness (QED) is 0.881. The van der Waals surface area contributed by atoms with E-state index in [1.54, 1.807) is 0 Å². The van der Waals surface area contributed by atoms with Gasteiger partial charge in [-0.05, 0) is 38.1 Å². The number of benzene rings is 1. The van der Waals surface area contributed by atoms with Gasteiger partial charge in [-0.15, -0.1) is 0 Å². The van der Waals surface area contributed by atoms with Crippen LogP contribution in [-0.4, -0.2) is 48.7 Å². The van der Waals surface area contributed by atoms with Crippen LogP contribution in [0.4, 0.5) is 5.69 Å². The normalized spacial score (nSPS) is 19.1. The number of aliphatic carboxylic acids is 1. The summed E-state index contributed by atoms with van der Waals surface area (Å²) in [7, 11) is 2.02. The van der Waals surface area contributed by atoms with Gasteiger partial charge in [0, 0.05) is 31.4 Å². The lowest BCUT2D eigenvalue weighted by molar-refractivity contribution is -0.137. The van der Waals surface area contributed by atoms with Crippen molar-refractivity contribution in [3.63, 3.8) is 0 Å². The second-order valence-electron chi connectivity index (χ2n) is 5.35. The van der Waals surface area contributed by atoms with Crippen LogP contribution in [0.2, 0.25) is 0 Å². The maximum atomic E-state index is 10.6. The zero-order valence-electron chi connectivity index (χ0n) is 11.7. The fourth-order valence-corrected chi connectivity index (χ4v) is 2.62. The van der Waals surface area contributed by atoms with Crippen LogP contribution in [0, 0.1) is 6.92 Å². The zero-order chi connectivity index (χ0) is 13.8. The molecular weight excluding hydrogens is 240 g/mol. The maximum Gasteiger partial charge on any atom is 0.304 e. The molecule has 1 unspecified atom stereocenters. The van der Waals surface area contributed by atoms with Crippen LogP contribution in [0.5, 0.6) is 0 Å². The molecule has 0 bridgehead atoms. The lowest BCUT2D eigenvalue weighted by Crippen LogP contribution is -2.35. The molecule has 0 aromatic heterocycles. The zero-order valence-corrected chi connectivity index (χ0v) is 11.7. The molecule has 0 aliphatic carbocycles. The summed E-state index contributed by atoms with van der Waals surface area (Å²) < 4.78 is 0. The van der Waals surface area contributed by atoms with Gasteiger partial charge in [0.1, 0.15) is 0 Å². The average molecular weight is 262 g/mol. The lowest BCUT2D eigenvalue weighted by atomic mass is 10.2. The average Bonchev–Trinajstić information content (AvgIpc) is 2.85. The lowest BCUT2D eigenvalue weighted by Gasteiger charge is -2.25. The summed E-state index contributed by atoms with van der Waals surface area (Å²) in [5.74, 6) is -0.722. The van der Waals surface area contributed by atoms with Crippen molar-refractivity contribution in [1.29, 1.82) is 0 Å². The van der Waals surface area contributed by atoms with E-state index in [4.69, 9.17) is 5.11 Å². The molecule has 0 saturated carbocycles. The third kappa shape index (κ3) is 3.70. The Hall–Kier alpha value is -1.55. The van der Waals surface area contributed by atoms with E-state index in [9.17, 15) is 4.79 Å². The van der Waals surface area contributed by atoms with Crippen molar-refractivity contribution in [2.45, 2.75) is 25.8 Å². The third-order valence-electron chi connectivity index (χ3n) is 3.83. The van der Waals surface area contributed by atoms with Gasteiger partial charge in [-0.25, -0.2) is 0 Å². The predicted molar refractivity (Wildman–Crippen MR) is 76.7 cm³/mol. The Bertz CT molecular complexity index is 448. The topological polar surface area (TPSA) is 43.8 Å². The molecule has 4 nitrogen and oxygen atoms in total. The maximum absolute atomic E-state index is 10.6. The van der Waals surface area contributed by atoms with Gasteiger partial charge in [-0.2, -0.15) is 0 Å². The number of hydrogen-bond acceptors (Lipinski definition) is 3. The first-order chi connectivity index (χ1) is 9.06. The van der Waals surface area contributed by atoms with Crippen molar-refractivity contribution < 1.29 is 9.90 Å². The second-order valence-corrected chi connectivity index (χ2v) is 5.35. The summed E-state index contributed by atoms with van der Waals surface area (Å²) in [4.78, 5) is 15.2. The molecule has 1 N–H and O–H groups in total. The van der Waals surface area contributed by atoms with Crippen LogP contribution in [0.3, 0.4) is 0 Å². The smallest absolute Gasteiger partial charge is 0.304 e. The summed E-state index contributed by atoms with van der Waals surface area (Å²) in [6, 6.07) is 9.01. The molecule has 104 valence electrons. The van der Waals surface area contributed by atoms with Crippen molar-refractivity contribution in [2.75, 3.05) is 31.6 Å². The molecule has 19 heavy (non-hydrogen) atoms. The highest BCUT2D eigenvalue weighted by atomic mass is 16.4. The van der Waals surface area contributed by atoms with E-state index in [2.05, 4.69) is 41.0 Å². The molecule has 1 aliphatic heterocycles. The molecule has 0 radical (unpaired) electrons. The summed E-state index contributed by atoms with van der Waals surface area (Å²) in [5.41, 5.74) is 2.55. The Morgan fingerprint density at radius 1 is 1.53 bits per heavy atom. The van der Waals surface area contributed by atoms with Gasteiger partial charge in [0.15, 0.2) is 0 Å². The van der Waals surface area contributed by atoms with E-state index in [0.717, 1.165) is 19.5 Å². The Morgan fingerprint density at radius 3 is 3.00 bits per heavy atom. The van der Waals surface area contributed by atoms with Crippen LogP contribution in [0.15, 0.2) is 24.3 Å². The largest absolute Gasteiger partial charge is 0.481 e. The minimum absolute atomic E-state index is 0.220. The Kier molecular flexibility index (Phi) is 4.43. The number of aryl methyl sites for hydroxylation is 1. The molecule has 1 saturated heterocycles. The van der Waals surface area contributed by atoms with Crippen molar-refractivity contribution in [3.8, 4) is 0 Å². The number of likely N-dealkylation sites (N-methyl/N-ethyl adjacent to an activating group) is 1. The van der Waals surface area contributed by atoms with Gasteiger partial charge in [0.05, 0.1) is 6.42 Å². The second kappa shape index (κ2) is 6.06. The van der Waals surface area contributed by atoms with Gasteiger partial charge in [0.25, 0.3) is 0 Å². The summed E-state index contributed by atoms with van der Waals surface area (Å²) >= 11 is 0. The highest BCUT2D eigenvalue weighted by Gasteiger charge is 2.25. The molecule has 1 aromatic carbocycles. The molecular formula is C15H22N2O2. The van der Waals surface area contributed by atoms with Crippen molar-refractivity contribution in [2.24, 2.45) is 0 Å². The molecule has 4 heteroatoms. The number of anilines is 1. The molecule has 1 aromatic rings. The number of hydrogen-bond donors (Lipinski definition) is 1.